The quantitative estimate of drug-likeness (QED) is 0.673. The van der Waals surface area contributed by atoms with E-state index in [0.29, 0.717) is 12.5 Å². The second-order valence-electron chi connectivity index (χ2n) is 3.66. The molecule has 0 aromatic carbocycles. The van der Waals surface area contributed by atoms with Crippen molar-refractivity contribution in [2.24, 2.45) is 5.92 Å². The third-order valence-corrected chi connectivity index (χ3v) is 1.97. The topological polar surface area (TPSA) is 32.3 Å². The summed E-state index contributed by atoms with van der Waals surface area (Å²) in [5.41, 5.74) is 0. The van der Waals surface area contributed by atoms with Gasteiger partial charge < -0.3 is 5.32 Å². The van der Waals surface area contributed by atoms with Crippen molar-refractivity contribution in [3.63, 3.8) is 0 Å². The number of carbonyl (C=O) groups excluding carboxylic acids is 1. The molecule has 0 unspecified atom stereocenters. The van der Waals surface area contributed by atoms with Gasteiger partial charge in [-0.3, -0.25) is 9.69 Å². The summed E-state index contributed by atoms with van der Waals surface area (Å²) in [5.74, 6) is 0.665. The number of nitrogens with zero attached hydrogens (tertiary/aromatic N) is 1. The van der Waals surface area contributed by atoms with E-state index < -0.39 is 0 Å². The monoisotopic (exact) mass is 186 g/mol. The molecule has 0 spiro atoms. The minimum atomic E-state index is 0.136. The molecule has 0 aliphatic rings. The van der Waals surface area contributed by atoms with Crippen LogP contribution in [0.2, 0.25) is 0 Å². The van der Waals surface area contributed by atoms with E-state index in [2.05, 4.69) is 37.9 Å². The summed E-state index contributed by atoms with van der Waals surface area (Å²) >= 11 is 0. The van der Waals surface area contributed by atoms with E-state index in [4.69, 9.17) is 0 Å². The summed E-state index contributed by atoms with van der Waals surface area (Å²) in [6, 6.07) is 0. The van der Waals surface area contributed by atoms with Gasteiger partial charge >= 0.3 is 0 Å². The highest BCUT2D eigenvalue weighted by Crippen LogP contribution is 1.89. The molecule has 0 aliphatic carbocycles. The zero-order chi connectivity index (χ0) is 10.3. The molecule has 0 heterocycles. The Bertz CT molecular complexity index is 142. The van der Waals surface area contributed by atoms with Gasteiger partial charge in [-0.2, -0.15) is 0 Å². The molecule has 78 valence electrons. The van der Waals surface area contributed by atoms with E-state index in [0.717, 1.165) is 19.6 Å². The second-order valence-corrected chi connectivity index (χ2v) is 3.66. The predicted molar refractivity (Wildman–Crippen MR) is 55.6 cm³/mol. The van der Waals surface area contributed by atoms with E-state index in [1.54, 1.807) is 0 Å². The Kier molecular flexibility index (Phi) is 6.59. The zero-order valence-electron chi connectivity index (χ0n) is 9.26. The molecular formula is C10H22N2O. The maximum atomic E-state index is 11.3. The third-order valence-electron chi connectivity index (χ3n) is 1.97. The van der Waals surface area contributed by atoms with Crippen LogP contribution in [0.25, 0.3) is 0 Å². The summed E-state index contributed by atoms with van der Waals surface area (Å²) in [5, 5.41) is 2.90. The molecule has 0 rings (SSSR count). The summed E-state index contributed by atoms with van der Waals surface area (Å²) in [6.07, 6.45) is 0. The fourth-order valence-corrected chi connectivity index (χ4v) is 1.02. The Labute approximate surface area is 81.5 Å². The van der Waals surface area contributed by atoms with Crippen molar-refractivity contribution >= 4 is 5.91 Å². The number of amides is 1. The highest BCUT2D eigenvalue weighted by Gasteiger charge is 2.06. The second kappa shape index (κ2) is 6.89. The van der Waals surface area contributed by atoms with Crippen LogP contribution in [0.5, 0.6) is 0 Å². The molecule has 0 bridgehead atoms. The van der Waals surface area contributed by atoms with Gasteiger partial charge in [0.1, 0.15) is 0 Å². The van der Waals surface area contributed by atoms with Crippen LogP contribution in [-0.2, 0) is 4.79 Å². The molecule has 1 amide bonds. The first kappa shape index (κ1) is 12.4. The number of nitrogens with one attached hydrogen (secondary N) is 1. The first-order valence-corrected chi connectivity index (χ1v) is 5.09. The first-order chi connectivity index (χ1) is 6.10. The molecule has 0 aromatic rings. The lowest BCUT2D eigenvalue weighted by Gasteiger charge is -2.17. The SMILES string of the molecule is CCN(CC)CC(=O)NCC(C)C. The van der Waals surface area contributed by atoms with Crippen LogP contribution in [0.4, 0.5) is 0 Å². The van der Waals surface area contributed by atoms with Crippen LogP contribution in [0.3, 0.4) is 0 Å². The predicted octanol–water partition coefficient (Wildman–Crippen LogP) is 1.10. The number of rotatable bonds is 6. The average Bonchev–Trinajstić information content (AvgIpc) is 2.10. The van der Waals surface area contributed by atoms with E-state index in [-0.39, 0.29) is 5.91 Å². The fourth-order valence-electron chi connectivity index (χ4n) is 1.02. The van der Waals surface area contributed by atoms with Gasteiger partial charge in [-0.15, -0.1) is 0 Å². The standard InChI is InChI=1S/C10H22N2O/c1-5-12(6-2)8-10(13)11-7-9(3)4/h9H,5-8H2,1-4H3,(H,11,13). The summed E-state index contributed by atoms with van der Waals surface area (Å²) in [7, 11) is 0. The van der Waals surface area contributed by atoms with Crippen molar-refractivity contribution < 1.29 is 4.79 Å². The van der Waals surface area contributed by atoms with Crippen LogP contribution in [0, 0.1) is 5.92 Å². The lowest BCUT2D eigenvalue weighted by atomic mass is 10.2. The number of likely N-dealkylation sites (N-methyl/N-ethyl adjacent to an activating group) is 1. The zero-order valence-corrected chi connectivity index (χ0v) is 9.26. The highest BCUT2D eigenvalue weighted by molar-refractivity contribution is 5.77. The molecule has 0 atom stereocenters. The van der Waals surface area contributed by atoms with Crippen LogP contribution in [0.1, 0.15) is 27.7 Å². The van der Waals surface area contributed by atoms with Gasteiger partial charge in [0.25, 0.3) is 0 Å². The summed E-state index contributed by atoms with van der Waals surface area (Å²) in [6.45, 7) is 11.5. The molecule has 1 N–H and O–H groups in total. The molecule has 0 aromatic heterocycles. The van der Waals surface area contributed by atoms with E-state index in [1.807, 2.05) is 0 Å². The van der Waals surface area contributed by atoms with Crippen molar-refractivity contribution in [1.29, 1.82) is 0 Å². The molecule has 3 heteroatoms. The van der Waals surface area contributed by atoms with Gasteiger partial charge in [-0.05, 0) is 19.0 Å². The highest BCUT2D eigenvalue weighted by atomic mass is 16.2. The summed E-state index contributed by atoms with van der Waals surface area (Å²) < 4.78 is 0. The van der Waals surface area contributed by atoms with Gasteiger partial charge in [0.15, 0.2) is 0 Å². The molecule has 0 saturated carbocycles. The molecule has 0 saturated heterocycles. The average molecular weight is 186 g/mol. The van der Waals surface area contributed by atoms with Gasteiger partial charge in [0, 0.05) is 6.54 Å². The van der Waals surface area contributed by atoms with Crippen molar-refractivity contribution in [2.45, 2.75) is 27.7 Å². The third kappa shape index (κ3) is 6.58. The number of carbonyl (C=O) groups is 1. The maximum absolute atomic E-state index is 11.3. The van der Waals surface area contributed by atoms with Crippen LogP contribution < -0.4 is 5.32 Å². The molecule has 0 aliphatic heterocycles. The largest absolute Gasteiger partial charge is 0.355 e. The Hall–Kier alpha value is -0.570. The van der Waals surface area contributed by atoms with Crippen LogP contribution >= 0.6 is 0 Å². The fraction of sp³-hybridized carbons (Fsp3) is 0.900. The summed E-state index contributed by atoms with van der Waals surface area (Å²) in [4.78, 5) is 13.4. The first-order valence-electron chi connectivity index (χ1n) is 5.09. The Morgan fingerprint density at radius 2 is 1.85 bits per heavy atom. The van der Waals surface area contributed by atoms with Gasteiger partial charge in [-0.25, -0.2) is 0 Å². The Balaban J connectivity index is 3.60. The van der Waals surface area contributed by atoms with E-state index in [9.17, 15) is 4.79 Å². The van der Waals surface area contributed by atoms with Gasteiger partial charge in [0.05, 0.1) is 6.54 Å². The smallest absolute Gasteiger partial charge is 0.234 e. The molecule has 0 radical (unpaired) electrons. The lowest BCUT2D eigenvalue weighted by Crippen LogP contribution is -2.38. The number of hydrogen-bond acceptors (Lipinski definition) is 2. The van der Waals surface area contributed by atoms with Crippen LogP contribution in [0.15, 0.2) is 0 Å². The van der Waals surface area contributed by atoms with E-state index >= 15 is 0 Å². The maximum Gasteiger partial charge on any atom is 0.234 e. The number of hydrogen-bond donors (Lipinski definition) is 1. The Morgan fingerprint density at radius 1 is 1.31 bits per heavy atom. The minimum Gasteiger partial charge on any atom is -0.355 e. The minimum absolute atomic E-state index is 0.136. The molecule has 3 nitrogen and oxygen atoms in total. The molecule has 0 fully saturated rings. The van der Waals surface area contributed by atoms with Crippen LogP contribution in [-0.4, -0.2) is 37.0 Å². The van der Waals surface area contributed by atoms with E-state index in [1.165, 1.54) is 0 Å². The van der Waals surface area contributed by atoms with Crippen molar-refractivity contribution in [1.82, 2.24) is 10.2 Å². The molecule has 13 heavy (non-hydrogen) atoms. The molecular weight excluding hydrogens is 164 g/mol. The van der Waals surface area contributed by atoms with Crippen molar-refractivity contribution in [3.8, 4) is 0 Å². The van der Waals surface area contributed by atoms with Gasteiger partial charge in [-0.1, -0.05) is 27.7 Å². The van der Waals surface area contributed by atoms with Gasteiger partial charge in [0.2, 0.25) is 5.91 Å². The van der Waals surface area contributed by atoms with Crippen molar-refractivity contribution in [3.05, 3.63) is 0 Å². The normalized spacial score (nSPS) is 10.9. The Morgan fingerprint density at radius 3 is 2.23 bits per heavy atom. The lowest BCUT2D eigenvalue weighted by molar-refractivity contribution is -0.122. The van der Waals surface area contributed by atoms with Crippen molar-refractivity contribution in [2.75, 3.05) is 26.2 Å².